The number of amides is 2. The molecule has 2 saturated heterocycles. The van der Waals surface area contributed by atoms with Crippen LogP contribution in [-0.2, 0) is 6.18 Å². The number of hydrogen-bond donors (Lipinski definition) is 2. The Balaban J connectivity index is 1.20. The molecule has 2 N–H and O–H groups in total. The second kappa shape index (κ2) is 11.3. The SMILES string of the molecule is Cc1ccc(N2CCC(CNC(=O)N3CCC(Nc4ccc([N+](=O)[O-])c(C(F)(F)F)c4)CC3)CC2)cc1. The molecule has 2 aromatic rings. The fourth-order valence-corrected chi connectivity index (χ4v) is 4.97. The minimum absolute atomic E-state index is 0.117. The van der Waals surface area contributed by atoms with Crippen molar-refractivity contribution in [3.8, 4) is 0 Å². The fraction of sp³-hybridized carbons (Fsp3) is 0.500. The Hall–Kier alpha value is -3.50. The first-order valence-corrected chi connectivity index (χ1v) is 12.6. The molecule has 4 rings (SSSR count). The van der Waals surface area contributed by atoms with Gasteiger partial charge in [-0.2, -0.15) is 13.2 Å². The maximum absolute atomic E-state index is 13.2. The van der Waals surface area contributed by atoms with E-state index in [1.807, 2.05) is 0 Å². The fourth-order valence-electron chi connectivity index (χ4n) is 4.97. The Morgan fingerprint density at radius 2 is 1.68 bits per heavy atom. The molecule has 2 aliphatic heterocycles. The first kappa shape index (κ1) is 26.6. The summed E-state index contributed by atoms with van der Waals surface area (Å²) in [4.78, 5) is 26.7. The molecule has 2 heterocycles. The largest absolute Gasteiger partial charge is 0.423 e. The van der Waals surface area contributed by atoms with Gasteiger partial charge in [0, 0.05) is 56.2 Å². The van der Waals surface area contributed by atoms with E-state index in [0.29, 0.717) is 38.4 Å². The molecular formula is C26H32F3N5O3. The monoisotopic (exact) mass is 519 g/mol. The predicted octanol–water partition coefficient (Wildman–Crippen LogP) is 5.42. The second-order valence-corrected chi connectivity index (χ2v) is 9.84. The third-order valence-electron chi connectivity index (χ3n) is 7.21. The highest BCUT2D eigenvalue weighted by atomic mass is 19.4. The van der Waals surface area contributed by atoms with E-state index in [4.69, 9.17) is 0 Å². The summed E-state index contributed by atoms with van der Waals surface area (Å²) in [5.74, 6) is 0.426. The van der Waals surface area contributed by atoms with E-state index in [9.17, 15) is 28.1 Å². The van der Waals surface area contributed by atoms with Gasteiger partial charge in [0.25, 0.3) is 5.69 Å². The Kier molecular flexibility index (Phi) is 8.09. The van der Waals surface area contributed by atoms with Crippen molar-refractivity contribution in [3.63, 3.8) is 0 Å². The van der Waals surface area contributed by atoms with Crippen LogP contribution < -0.4 is 15.5 Å². The van der Waals surface area contributed by atoms with Crippen LogP contribution in [0.3, 0.4) is 0 Å². The van der Waals surface area contributed by atoms with Crippen LogP contribution in [0.5, 0.6) is 0 Å². The second-order valence-electron chi connectivity index (χ2n) is 9.84. The molecule has 2 amide bonds. The number of nitrogens with one attached hydrogen (secondary N) is 2. The molecule has 0 atom stereocenters. The summed E-state index contributed by atoms with van der Waals surface area (Å²) in [6.07, 6.45) is -1.66. The topological polar surface area (TPSA) is 90.8 Å². The number of carbonyl (C=O) groups excluding carboxylic acids is 1. The molecule has 200 valence electrons. The zero-order chi connectivity index (χ0) is 26.6. The van der Waals surface area contributed by atoms with Crippen molar-refractivity contribution in [2.75, 3.05) is 42.9 Å². The van der Waals surface area contributed by atoms with Crippen LogP contribution >= 0.6 is 0 Å². The van der Waals surface area contributed by atoms with Crippen molar-refractivity contribution in [2.24, 2.45) is 5.92 Å². The summed E-state index contributed by atoms with van der Waals surface area (Å²) in [5.41, 5.74) is 0.406. The van der Waals surface area contributed by atoms with E-state index < -0.39 is 22.4 Å². The molecule has 2 aromatic carbocycles. The number of piperidine rings is 2. The first-order chi connectivity index (χ1) is 17.6. The van der Waals surface area contributed by atoms with Gasteiger partial charge in [-0.3, -0.25) is 10.1 Å². The van der Waals surface area contributed by atoms with Crippen molar-refractivity contribution in [1.29, 1.82) is 0 Å². The van der Waals surface area contributed by atoms with Crippen LogP contribution in [0.25, 0.3) is 0 Å². The van der Waals surface area contributed by atoms with E-state index in [-0.39, 0.29) is 17.8 Å². The van der Waals surface area contributed by atoms with Crippen molar-refractivity contribution in [3.05, 3.63) is 63.7 Å². The highest BCUT2D eigenvalue weighted by molar-refractivity contribution is 5.74. The van der Waals surface area contributed by atoms with E-state index in [2.05, 4.69) is 46.7 Å². The Morgan fingerprint density at radius 3 is 2.27 bits per heavy atom. The van der Waals surface area contributed by atoms with Gasteiger partial charge in [-0.25, -0.2) is 4.79 Å². The standard InChI is InChI=1S/C26H32F3N5O3/c1-18-2-5-22(6-3-18)32-12-8-19(9-13-32)17-30-25(35)33-14-10-20(11-15-33)31-21-4-7-24(34(36)37)23(16-21)26(27,28)29/h2-7,16,19-20,31H,8-15,17H2,1H3,(H,30,35). The Labute approximate surface area is 214 Å². The average Bonchev–Trinajstić information content (AvgIpc) is 2.88. The van der Waals surface area contributed by atoms with Gasteiger partial charge >= 0.3 is 12.2 Å². The van der Waals surface area contributed by atoms with Gasteiger partial charge in [-0.15, -0.1) is 0 Å². The van der Waals surface area contributed by atoms with Crippen LogP contribution in [-0.4, -0.2) is 54.6 Å². The Bertz CT molecular complexity index is 1090. The molecule has 37 heavy (non-hydrogen) atoms. The molecule has 2 fully saturated rings. The van der Waals surface area contributed by atoms with Crippen molar-refractivity contribution < 1.29 is 22.9 Å². The third-order valence-corrected chi connectivity index (χ3v) is 7.21. The smallest absolute Gasteiger partial charge is 0.382 e. The van der Waals surface area contributed by atoms with Gasteiger partial charge in [-0.1, -0.05) is 17.7 Å². The lowest BCUT2D eigenvalue weighted by Gasteiger charge is -2.35. The van der Waals surface area contributed by atoms with Gasteiger partial charge in [0.2, 0.25) is 0 Å². The number of hydrogen-bond acceptors (Lipinski definition) is 5. The highest BCUT2D eigenvalue weighted by Gasteiger charge is 2.38. The quantitative estimate of drug-likeness (QED) is 0.393. The zero-order valence-corrected chi connectivity index (χ0v) is 20.8. The summed E-state index contributed by atoms with van der Waals surface area (Å²) < 4.78 is 39.7. The number of nitrogens with zero attached hydrogens (tertiary/aromatic N) is 3. The maximum Gasteiger partial charge on any atom is 0.423 e. The van der Waals surface area contributed by atoms with E-state index in [1.165, 1.54) is 17.3 Å². The first-order valence-electron chi connectivity index (χ1n) is 12.6. The molecule has 0 spiro atoms. The van der Waals surface area contributed by atoms with Gasteiger partial charge in [0.05, 0.1) is 4.92 Å². The highest BCUT2D eigenvalue weighted by Crippen LogP contribution is 2.38. The number of nitro benzene ring substituents is 1. The number of aryl methyl sites for hydroxylation is 1. The number of nitro groups is 1. The minimum Gasteiger partial charge on any atom is -0.382 e. The summed E-state index contributed by atoms with van der Waals surface area (Å²) in [5, 5.41) is 17.0. The van der Waals surface area contributed by atoms with E-state index in [0.717, 1.165) is 38.1 Å². The normalized spacial score (nSPS) is 17.5. The van der Waals surface area contributed by atoms with Crippen LogP contribution in [0.15, 0.2) is 42.5 Å². The number of benzene rings is 2. The predicted molar refractivity (Wildman–Crippen MR) is 136 cm³/mol. The molecular weight excluding hydrogens is 487 g/mol. The lowest BCUT2D eigenvalue weighted by atomic mass is 9.96. The van der Waals surface area contributed by atoms with Gasteiger partial charge in [0.1, 0.15) is 5.56 Å². The van der Waals surface area contributed by atoms with Crippen LogP contribution in [0, 0.1) is 23.0 Å². The van der Waals surface area contributed by atoms with Crippen LogP contribution in [0.4, 0.5) is 35.0 Å². The van der Waals surface area contributed by atoms with Crippen molar-refractivity contribution in [1.82, 2.24) is 10.2 Å². The molecule has 11 heteroatoms. The lowest BCUT2D eigenvalue weighted by molar-refractivity contribution is -0.388. The number of likely N-dealkylation sites (tertiary alicyclic amines) is 1. The number of anilines is 2. The number of alkyl halides is 3. The summed E-state index contributed by atoms with van der Waals surface area (Å²) >= 11 is 0. The number of urea groups is 1. The molecule has 2 aliphatic rings. The van der Waals surface area contributed by atoms with Crippen molar-refractivity contribution in [2.45, 2.75) is 44.8 Å². The molecule has 0 unspecified atom stereocenters. The Morgan fingerprint density at radius 1 is 1.03 bits per heavy atom. The minimum atomic E-state index is -4.82. The summed E-state index contributed by atoms with van der Waals surface area (Å²) in [7, 11) is 0. The van der Waals surface area contributed by atoms with Crippen molar-refractivity contribution >= 4 is 23.1 Å². The summed E-state index contributed by atoms with van der Waals surface area (Å²) in [6, 6.07) is 11.2. The molecule has 0 saturated carbocycles. The number of halogens is 3. The molecule has 0 radical (unpaired) electrons. The van der Waals surface area contributed by atoms with Gasteiger partial charge in [0.15, 0.2) is 0 Å². The molecule has 0 bridgehead atoms. The lowest BCUT2D eigenvalue weighted by Crippen LogP contribution is -2.48. The van der Waals surface area contributed by atoms with E-state index in [1.54, 1.807) is 4.90 Å². The van der Waals surface area contributed by atoms with Crippen LogP contribution in [0.1, 0.15) is 36.8 Å². The van der Waals surface area contributed by atoms with Gasteiger partial charge < -0.3 is 20.4 Å². The number of carbonyl (C=O) groups is 1. The molecule has 8 nitrogen and oxygen atoms in total. The molecule has 0 aromatic heterocycles. The maximum atomic E-state index is 13.2. The van der Waals surface area contributed by atoms with E-state index >= 15 is 0 Å². The number of rotatable bonds is 6. The molecule has 0 aliphatic carbocycles. The zero-order valence-electron chi connectivity index (χ0n) is 20.8. The third kappa shape index (κ3) is 6.84. The van der Waals surface area contributed by atoms with Crippen LogP contribution in [0.2, 0.25) is 0 Å². The summed E-state index contributed by atoms with van der Waals surface area (Å²) in [6.45, 7) is 5.58. The van der Waals surface area contributed by atoms with Gasteiger partial charge in [-0.05, 0) is 62.8 Å². The average molecular weight is 520 g/mol.